The molecule has 1 atom stereocenters. The number of carbonyl (C=O) groups is 1. The quantitative estimate of drug-likeness (QED) is 0.786. The third kappa shape index (κ3) is 2.46. The first-order valence-corrected chi connectivity index (χ1v) is 7.15. The second kappa shape index (κ2) is 5.49. The lowest BCUT2D eigenvalue weighted by molar-refractivity contribution is 0.0825. The van der Waals surface area contributed by atoms with E-state index in [1.807, 2.05) is 48.5 Å². The lowest BCUT2D eigenvalue weighted by atomic mass is 10.00. The number of benzene rings is 2. The Balaban J connectivity index is 1.74. The van der Waals surface area contributed by atoms with Gasteiger partial charge < -0.3 is 4.74 Å². The van der Waals surface area contributed by atoms with Gasteiger partial charge in [0.2, 0.25) is 5.78 Å². The van der Waals surface area contributed by atoms with Gasteiger partial charge in [-0.15, -0.1) is 0 Å². The van der Waals surface area contributed by atoms with Gasteiger partial charge in [0.25, 0.3) is 0 Å². The van der Waals surface area contributed by atoms with Crippen molar-refractivity contribution in [3.05, 3.63) is 65.2 Å². The van der Waals surface area contributed by atoms with Crippen LogP contribution in [0.15, 0.2) is 48.5 Å². The molecule has 2 aromatic carbocycles. The molecular weight excluding hydrogens is 248 g/mol. The number of para-hydroxylation sites is 1. The van der Waals surface area contributed by atoms with Gasteiger partial charge in [0, 0.05) is 12.0 Å². The molecule has 3 rings (SSSR count). The van der Waals surface area contributed by atoms with E-state index in [4.69, 9.17) is 4.74 Å². The fourth-order valence-electron chi connectivity index (χ4n) is 2.64. The number of hydrogen-bond acceptors (Lipinski definition) is 2. The van der Waals surface area contributed by atoms with Crippen molar-refractivity contribution in [2.45, 2.75) is 32.3 Å². The summed E-state index contributed by atoms with van der Waals surface area (Å²) in [5.74, 6) is 0.915. The molecule has 0 spiro atoms. The molecule has 1 aliphatic rings. The second-order valence-corrected chi connectivity index (χ2v) is 5.23. The third-order valence-corrected chi connectivity index (χ3v) is 3.72. The highest BCUT2D eigenvalue weighted by atomic mass is 16.5. The van der Waals surface area contributed by atoms with Gasteiger partial charge in [-0.2, -0.15) is 0 Å². The Morgan fingerprint density at radius 2 is 1.90 bits per heavy atom. The Morgan fingerprint density at radius 1 is 1.15 bits per heavy atom. The molecule has 1 unspecified atom stereocenters. The van der Waals surface area contributed by atoms with Crippen molar-refractivity contribution in [2.75, 3.05) is 0 Å². The summed E-state index contributed by atoms with van der Waals surface area (Å²) in [4.78, 5) is 12.5. The normalized spacial score (nSPS) is 16.6. The van der Waals surface area contributed by atoms with Crippen molar-refractivity contribution in [3.8, 4) is 5.75 Å². The zero-order valence-electron chi connectivity index (χ0n) is 11.6. The predicted molar refractivity (Wildman–Crippen MR) is 79.3 cm³/mol. The van der Waals surface area contributed by atoms with Gasteiger partial charge >= 0.3 is 0 Å². The maximum Gasteiger partial charge on any atom is 0.203 e. The number of Topliss-reactive ketones (excluding diaryl/α,β-unsaturated/α-hetero) is 1. The fourth-order valence-corrected chi connectivity index (χ4v) is 2.64. The topological polar surface area (TPSA) is 26.3 Å². The van der Waals surface area contributed by atoms with Crippen LogP contribution in [0.1, 0.15) is 34.8 Å². The Kier molecular flexibility index (Phi) is 3.55. The summed E-state index contributed by atoms with van der Waals surface area (Å²) >= 11 is 0. The Morgan fingerprint density at radius 3 is 2.60 bits per heavy atom. The van der Waals surface area contributed by atoms with Crippen LogP contribution in [0.4, 0.5) is 0 Å². The molecule has 0 saturated heterocycles. The summed E-state index contributed by atoms with van der Waals surface area (Å²) in [6, 6.07) is 15.8. The van der Waals surface area contributed by atoms with E-state index in [0.29, 0.717) is 6.42 Å². The number of rotatable bonds is 4. The number of fused-ring (bicyclic) bond motifs is 1. The number of aryl methyl sites for hydroxylation is 1. The Labute approximate surface area is 119 Å². The summed E-state index contributed by atoms with van der Waals surface area (Å²) in [7, 11) is 0. The second-order valence-electron chi connectivity index (χ2n) is 5.23. The number of carbonyl (C=O) groups excluding carboxylic acids is 1. The van der Waals surface area contributed by atoms with Crippen molar-refractivity contribution >= 4 is 5.78 Å². The average Bonchev–Trinajstić information content (AvgIpc) is 2.91. The minimum Gasteiger partial charge on any atom is -0.482 e. The van der Waals surface area contributed by atoms with E-state index in [1.54, 1.807) is 0 Å². The molecular formula is C18H18O2. The molecule has 2 nitrogen and oxygen atoms in total. The molecule has 0 saturated carbocycles. The fraction of sp³-hybridized carbons (Fsp3) is 0.278. The summed E-state index contributed by atoms with van der Waals surface area (Å²) in [5.41, 5.74) is 3.13. The molecule has 0 amide bonds. The van der Waals surface area contributed by atoms with E-state index in [1.165, 1.54) is 5.56 Å². The minimum absolute atomic E-state index is 0.0734. The van der Waals surface area contributed by atoms with Crippen molar-refractivity contribution in [2.24, 2.45) is 0 Å². The van der Waals surface area contributed by atoms with Crippen molar-refractivity contribution in [1.82, 2.24) is 0 Å². The lowest BCUT2D eigenvalue weighted by Crippen LogP contribution is -2.25. The van der Waals surface area contributed by atoms with Crippen LogP contribution in [0, 0.1) is 0 Å². The molecule has 1 heterocycles. The van der Waals surface area contributed by atoms with Crippen LogP contribution in [-0.4, -0.2) is 11.9 Å². The largest absolute Gasteiger partial charge is 0.482 e. The van der Waals surface area contributed by atoms with Crippen LogP contribution in [0.25, 0.3) is 0 Å². The van der Waals surface area contributed by atoms with Gasteiger partial charge in [0.05, 0.1) is 0 Å². The van der Waals surface area contributed by atoms with Crippen LogP contribution in [0.3, 0.4) is 0 Å². The van der Waals surface area contributed by atoms with Crippen LogP contribution in [-0.2, 0) is 12.8 Å². The van der Waals surface area contributed by atoms with Crippen LogP contribution >= 0.6 is 0 Å². The van der Waals surface area contributed by atoms with Gasteiger partial charge in [-0.05, 0) is 23.6 Å². The van der Waals surface area contributed by atoms with Crippen LogP contribution in [0.5, 0.6) is 5.75 Å². The summed E-state index contributed by atoms with van der Waals surface area (Å²) in [6.45, 7) is 2.16. The molecule has 102 valence electrons. The summed E-state index contributed by atoms with van der Waals surface area (Å²) in [5, 5.41) is 0. The molecule has 2 heteroatoms. The number of hydrogen-bond donors (Lipinski definition) is 0. The lowest BCUT2D eigenvalue weighted by Gasteiger charge is -2.10. The maximum atomic E-state index is 12.5. The highest BCUT2D eigenvalue weighted by Crippen LogP contribution is 2.29. The summed E-state index contributed by atoms with van der Waals surface area (Å²) in [6.07, 6.45) is 2.48. The standard InChI is InChI=1S/C18H18O2/c1-2-5-13-8-10-14(11-9-13)18(19)17-12-15-6-3-4-7-16(15)20-17/h3-4,6-11,17H,2,5,12H2,1H3. The zero-order valence-corrected chi connectivity index (χ0v) is 11.6. The monoisotopic (exact) mass is 266 g/mol. The Hall–Kier alpha value is -2.09. The van der Waals surface area contributed by atoms with Crippen molar-refractivity contribution < 1.29 is 9.53 Å². The van der Waals surface area contributed by atoms with E-state index < -0.39 is 0 Å². The van der Waals surface area contributed by atoms with E-state index in [9.17, 15) is 4.79 Å². The molecule has 0 radical (unpaired) electrons. The van der Waals surface area contributed by atoms with Gasteiger partial charge in [0.15, 0.2) is 6.10 Å². The molecule has 2 aromatic rings. The molecule has 20 heavy (non-hydrogen) atoms. The van der Waals surface area contributed by atoms with Gasteiger partial charge in [-0.3, -0.25) is 4.79 Å². The number of ether oxygens (including phenoxy) is 1. The van der Waals surface area contributed by atoms with E-state index in [-0.39, 0.29) is 11.9 Å². The third-order valence-electron chi connectivity index (χ3n) is 3.72. The summed E-state index contributed by atoms with van der Waals surface area (Å²) < 4.78 is 5.75. The predicted octanol–water partition coefficient (Wildman–Crippen LogP) is 3.83. The van der Waals surface area contributed by atoms with Crippen molar-refractivity contribution in [3.63, 3.8) is 0 Å². The minimum atomic E-state index is -0.371. The maximum absolute atomic E-state index is 12.5. The zero-order chi connectivity index (χ0) is 13.9. The van der Waals surface area contributed by atoms with Crippen LogP contribution in [0.2, 0.25) is 0 Å². The number of ketones is 1. The SMILES string of the molecule is CCCc1ccc(C(=O)C2Cc3ccccc3O2)cc1. The molecule has 0 bridgehead atoms. The first kappa shape index (κ1) is 12.9. The smallest absolute Gasteiger partial charge is 0.203 e. The van der Waals surface area contributed by atoms with Crippen molar-refractivity contribution in [1.29, 1.82) is 0 Å². The van der Waals surface area contributed by atoms with E-state index in [0.717, 1.165) is 29.7 Å². The van der Waals surface area contributed by atoms with Crippen LogP contribution < -0.4 is 4.74 Å². The van der Waals surface area contributed by atoms with Gasteiger partial charge in [-0.25, -0.2) is 0 Å². The average molecular weight is 266 g/mol. The van der Waals surface area contributed by atoms with Gasteiger partial charge in [0.1, 0.15) is 5.75 Å². The Bertz CT molecular complexity index is 589. The van der Waals surface area contributed by atoms with E-state index in [2.05, 4.69) is 6.92 Å². The van der Waals surface area contributed by atoms with E-state index >= 15 is 0 Å². The molecule has 0 N–H and O–H groups in total. The first-order valence-electron chi connectivity index (χ1n) is 7.15. The molecule has 1 aliphatic heterocycles. The highest BCUT2D eigenvalue weighted by molar-refractivity contribution is 6.00. The molecule has 0 fully saturated rings. The molecule has 0 aliphatic carbocycles. The molecule has 0 aromatic heterocycles. The highest BCUT2D eigenvalue weighted by Gasteiger charge is 2.29. The van der Waals surface area contributed by atoms with Gasteiger partial charge in [-0.1, -0.05) is 55.8 Å². The first-order chi connectivity index (χ1) is 9.78.